The number of amides is 2. The highest BCUT2D eigenvalue weighted by Gasteiger charge is 2.47. The third-order valence-corrected chi connectivity index (χ3v) is 6.49. The highest BCUT2D eigenvalue weighted by molar-refractivity contribution is 7.10. The number of hydrogen-bond donors (Lipinski definition) is 3. The van der Waals surface area contributed by atoms with E-state index in [2.05, 4.69) is 5.32 Å². The number of fused-ring (bicyclic) bond motifs is 3. The van der Waals surface area contributed by atoms with E-state index in [0.29, 0.717) is 0 Å². The third-order valence-electron chi connectivity index (χ3n) is 5.56. The predicted octanol–water partition coefficient (Wildman–Crippen LogP) is 4.46. The minimum Gasteiger partial charge on any atom is -0.479 e. The number of carboxylic acid groups (broad SMARTS) is 1. The molecule has 0 radical (unpaired) electrons. The van der Waals surface area contributed by atoms with Crippen molar-refractivity contribution in [3.63, 3.8) is 0 Å². The van der Waals surface area contributed by atoms with Gasteiger partial charge in [0.25, 0.3) is 0 Å². The summed E-state index contributed by atoms with van der Waals surface area (Å²) in [6, 6.07) is 13.6. The number of benzene rings is 2. The van der Waals surface area contributed by atoms with E-state index < -0.39 is 36.2 Å². The predicted molar refractivity (Wildman–Crippen MR) is 121 cm³/mol. The zero-order chi connectivity index (χ0) is 25.2. The summed E-state index contributed by atoms with van der Waals surface area (Å²) in [6.07, 6.45) is -6.25. The van der Waals surface area contributed by atoms with Crippen molar-refractivity contribution >= 4 is 29.3 Å². The van der Waals surface area contributed by atoms with Crippen LogP contribution in [0.15, 0.2) is 66.0 Å². The first kappa shape index (κ1) is 24.3. The second kappa shape index (κ2) is 9.79. The van der Waals surface area contributed by atoms with Crippen LogP contribution in [0.25, 0.3) is 11.1 Å². The first-order valence-electron chi connectivity index (χ1n) is 10.4. The van der Waals surface area contributed by atoms with E-state index in [-0.39, 0.29) is 17.4 Å². The minimum atomic E-state index is -5.22. The van der Waals surface area contributed by atoms with Gasteiger partial charge in [-0.3, -0.25) is 4.79 Å². The Morgan fingerprint density at radius 3 is 2.06 bits per heavy atom. The van der Waals surface area contributed by atoms with Crippen LogP contribution in [0.4, 0.5) is 18.0 Å². The molecule has 35 heavy (non-hydrogen) atoms. The molecule has 1 aromatic heterocycles. The quantitative estimate of drug-likeness (QED) is 0.441. The van der Waals surface area contributed by atoms with Gasteiger partial charge < -0.3 is 20.5 Å². The van der Waals surface area contributed by atoms with E-state index >= 15 is 0 Å². The highest BCUT2D eigenvalue weighted by atomic mass is 32.1. The molecule has 11 heteroatoms. The van der Waals surface area contributed by atoms with Crippen LogP contribution < -0.4 is 10.6 Å². The molecule has 0 fully saturated rings. The topological polar surface area (TPSA) is 105 Å². The van der Waals surface area contributed by atoms with E-state index in [4.69, 9.17) is 9.84 Å². The molecule has 1 heterocycles. The van der Waals surface area contributed by atoms with Gasteiger partial charge in [-0.05, 0) is 33.7 Å². The average molecular weight is 504 g/mol. The number of alkyl halides is 3. The van der Waals surface area contributed by atoms with Crippen LogP contribution in [-0.2, 0) is 14.3 Å². The molecule has 0 aliphatic heterocycles. The van der Waals surface area contributed by atoms with Gasteiger partial charge in [-0.15, -0.1) is 11.3 Å². The fourth-order valence-electron chi connectivity index (χ4n) is 3.99. The lowest BCUT2D eigenvalue weighted by Gasteiger charge is -2.22. The van der Waals surface area contributed by atoms with Crippen molar-refractivity contribution in [2.24, 2.45) is 0 Å². The molecule has 2 amide bonds. The summed E-state index contributed by atoms with van der Waals surface area (Å²) in [5, 5.41) is 14.1. The first-order chi connectivity index (χ1) is 16.7. The van der Waals surface area contributed by atoms with Gasteiger partial charge in [0.15, 0.2) is 0 Å². The number of aliphatic carboxylic acids is 1. The van der Waals surface area contributed by atoms with Gasteiger partial charge in [0.2, 0.25) is 11.9 Å². The standard InChI is InChI=1S/C24H19F3N2O5S/c25-24(26,27)20(22(31)32)29-21(30)19(18-10-5-11-35-18)28-23(33)34-12-17-15-8-3-1-6-13(15)14-7-2-4-9-16(14)17/h1-11,17,19-20H,12H2,(H,28,33)(H,29,30)(H,31,32). The van der Waals surface area contributed by atoms with Gasteiger partial charge in [0.05, 0.1) is 0 Å². The minimum absolute atomic E-state index is 0.0705. The monoisotopic (exact) mass is 504 g/mol. The summed E-state index contributed by atoms with van der Waals surface area (Å²) in [5.41, 5.74) is 3.95. The Morgan fingerprint density at radius 2 is 1.54 bits per heavy atom. The maximum Gasteiger partial charge on any atom is 0.419 e. The van der Waals surface area contributed by atoms with E-state index in [0.717, 1.165) is 33.6 Å². The van der Waals surface area contributed by atoms with Crippen molar-refractivity contribution in [1.82, 2.24) is 10.6 Å². The van der Waals surface area contributed by atoms with Crippen molar-refractivity contribution < 1.29 is 37.4 Å². The van der Waals surface area contributed by atoms with Gasteiger partial charge in [-0.2, -0.15) is 13.2 Å². The molecule has 0 spiro atoms. The summed E-state index contributed by atoms with van der Waals surface area (Å²) >= 11 is 1.01. The Morgan fingerprint density at radius 1 is 0.943 bits per heavy atom. The van der Waals surface area contributed by atoms with Crippen molar-refractivity contribution in [2.45, 2.75) is 24.2 Å². The lowest BCUT2D eigenvalue weighted by atomic mass is 9.98. The van der Waals surface area contributed by atoms with E-state index in [1.165, 1.54) is 17.4 Å². The van der Waals surface area contributed by atoms with E-state index in [1.807, 2.05) is 48.5 Å². The maximum absolute atomic E-state index is 13.0. The number of halogens is 3. The smallest absolute Gasteiger partial charge is 0.419 e. The van der Waals surface area contributed by atoms with Gasteiger partial charge in [-0.25, -0.2) is 9.59 Å². The number of ether oxygens (including phenoxy) is 1. The normalized spacial score (nSPS) is 14.4. The molecule has 2 atom stereocenters. The molecule has 1 aliphatic carbocycles. The molecule has 182 valence electrons. The van der Waals surface area contributed by atoms with Crippen molar-refractivity contribution in [1.29, 1.82) is 0 Å². The summed E-state index contributed by atoms with van der Waals surface area (Å²) in [6.45, 7) is -0.0705. The van der Waals surface area contributed by atoms with Gasteiger partial charge in [-0.1, -0.05) is 54.6 Å². The summed E-state index contributed by atoms with van der Waals surface area (Å²) in [4.78, 5) is 36.4. The van der Waals surface area contributed by atoms with E-state index in [9.17, 15) is 27.6 Å². The van der Waals surface area contributed by atoms with Crippen LogP contribution in [0.3, 0.4) is 0 Å². The summed E-state index contributed by atoms with van der Waals surface area (Å²) in [7, 11) is 0. The number of carbonyl (C=O) groups excluding carboxylic acids is 2. The number of thiophene rings is 1. The first-order valence-corrected chi connectivity index (χ1v) is 11.3. The number of carbonyl (C=O) groups is 3. The Balaban J connectivity index is 1.48. The van der Waals surface area contributed by atoms with Gasteiger partial charge >= 0.3 is 18.2 Å². The van der Waals surface area contributed by atoms with Crippen LogP contribution >= 0.6 is 11.3 Å². The molecule has 0 saturated carbocycles. The number of alkyl carbamates (subject to hydrolysis) is 1. The lowest BCUT2D eigenvalue weighted by Crippen LogP contribution is -2.53. The molecular weight excluding hydrogens is 485 g/mol. The number of carboxylic acids is 1. The lowest BCUT2D eigenvalue weighted by molar-refractivity contribution is -0.182. The second-order valence-electron chi connectivity index (χ2n) is 7.74. The Kier molecular flexibility index (Phi) is 6.79. The largest absolute Gasteiger partial charge is 0.479 e. The molecule has 1 aliphatic rings. The molecule has 7 nitrogen and oxygen atoms in total. The molecule has 0 bridgehead atoms. The summed E-state index contributed by atoms with van der Waals surface area (Å²) in [5.74, 6) is -3.86. The molecule has 4 rings (SSSR count). The van der Waals surface area contributed by atoms with Crippen molar-refractivity contribution in [3.8, 4) is 11.1 Å². The number of rotatable bonds is 7. The van der Waals surface area contributed by atoms with E-state index in [1.54, 1.807) is 5.38 Å². The fraction of sp³-hybridized carbons (Fsp3) is 0.208. The Bertz CT molecular complexity index is 1200. The van der Waals surface area contributed by atoms with Crippen LogP contribution in [0.1, 0.15) is 28.0 Å². The van der Waals surface area contributed by atoms with Crippen molar-refractivity contribution in [2.75, 3.05) is 6.61 Å². The van der Waals surface area contributed by atoms with Crippen LogP contribution in [0.5, 0.6) is 0 Å². The van der Waals surface area contributed by atoms with Gasteiger partial charge in [0.1, 0.15) is 12.6 Å². The number of hydrogen-bond acceptors (Lipinski definition) is 5. The molecule has 0 saturated heterocycles. The summed E-state index contributed by atoms with van der Waals surface area (Å²) < 4.78 is 44.5. The molecular formula is C24H19F3N2O5S. The molecule has 2 aromatic carbocycles. The Labute approximate surface area is 201 Å². The third kappa shape index (κ3) is 5.14. The second-order valence-corrected chi connectivity index (χ2v) is 8.72. The number of nitrogens with one attached hydrogen (secondary N) is 2. The molecule has 3 N–H and O–H groups in total. The molecule has 2 unspecified atom stereocenters. The Hall–Kier alpha value is -3.86. The van der Waals surface area contributed by atoms with Crippen LogP contribution in [0.2, 0.25) is 0 Å². The van der Waals surface area contributed by atoms with Crippen molar-refractivity contribution in [3.05, 3.63) is 82.0 Å². The zero-order valence-corrected chi connectivity index (χ0v) is 18.7. The van der Waals surface area contributed by atoms with Crippen LogP contribution in [0, 0.1) is 0 Å². The van der Waals surface area contributed by atoms with Crippen LogP contribution in [-0.4, -0.2) is 41.9 Å². The average Bonchev–Trinajstić information content (AvgIpc) is 3.45. The zero-order valence-electron chi connectivity index (χ0n) is 17.9. The van der Waals surface area contributed by atoms with Gasteiger partial charge in [0, 0.05) is 10.8 Å². The fourth-order valence-corrected chi connectivity index (χ4v) is 4.76. The SMILES string of the molecule is O=C(NC(C(=O)NC(C(=O)O)C(F)(F)F)c1cccs1)OCC1c2ccccc2-c2ccccc21. The highest BCUT2D eigenvalue weighted by Crippen LogP contribution is 2.44. The maximum atomic E-state index is 13.0. The molecule has 3 aromatic rings.